The quantitative estimate of drug-likeness (QED) is 0.132. The zero-order valence-corrected chi connectivity index (χ0v) is 20.7. The predicted octanol–water partition coefficient (Wildman–Crippen LogP) is 9.57. The Morgan fingerprint density at radius 1 is 0.500 bits per heavy atom. The van der Waals surface area contributed by atoms with Gasteiger partial charge in [0.1, 0.15) is 5.78 Å². The molecule has 0 aliphatic rings. The van der Waals surface area contributed by atoms with E-state index in [1.807, 2.05) is 0 Å². The monoisotopic (exact) mass is 506 g/mol. The lowest BCUT2D eigenvalue weighted by molar-refractivity contribution is -0.137. The van der Waals surface area contributed by atoms with Crippen LogP contribution in [-0.4, -0.2) is 29.2 Å². The summed E-state index contributed by atoms with van der Waals surface area (Å²) in [5, 5.41) is 8.39. The molecule has 0 heterocycles. The van der Waals surface area contributed by atoms with Crippen molar-refractivity contribution in [2.45, 2.75) is 148 Å². The molecule has 0 aromatic rings. The van der Waals surface area contributed by atoms with Gasteiger partial charge in [-0.2, -0.15) is 26.3 Å². The Bertz CT molecular complexity index is 446. The maximum absolute atomic E-state index is 11.8. The summed E-state index contributed by atoms with van der Waals surface area (Å²) < 4.78 is 70.8. The lowest BCUT2D eigenvalue weighted by Gasteiger charge is -2.05. The fourth-order valence-electron chi connectivity index (χ4n) is 3.42. The molecule has 0 rings (SSSR count). The van der Waals surface area contributed by atoms with Crippen molar-refractivity contribution in [2.24, 2.45) is 0 Å². The molecule has 0 spiro atoms. The molecule has 0 unspecified atom stereocenters. The predicted molar refractivity (Wildman–Crippen MR) is 123 cm³/mol. The molecule has 0 amide bonds. The van der Waals surface area contributed by atoms with Crippen LogP contribution >= 0.6 is 0 Å². The van der Waals surface area contributed by atoms with Gasteiger partial charge in [0.2, 0.25) is 0 Å². The summed E-state index contributed by atoms with van der Waals surface area (Å²) in [5.41, 5.74) is 0. The summed E-state index contributed by atoms with van der Waals surface area (Å²) in [7, 11) is 0. The maximum atomic E-state index is 11.8. The first-order valence-electron chi connectivity index (χ1n) is 12.7. The van der Waals surface area contributed by atoms with E-state index in [0.29, 0.717) is 25.7 Å². The molecule has 0 fully saturated rings. The first-order valence-corrected chi connectivity index (χ1v) is 12.7. The fourth-order valence-corrected chi connectivity index (χ4v) is 3.42. The number of ketones is 1. The van der Waals surface area contributed by atoms with E-state index in [9.17, 15) is 35.9 Å². The number of Topliss-reactive ketones (excluding diaryl/α,β-unsaturated/α-hetero) is 1. The SMILES string of the molecule is CC(=O)CCCCCCCCCCC(F)(F)F.O=C(O)CCCCCCCCCCC(F)(F)F. The molecule has 0 aromatic carbocycles. The fraction of sp³-hybridized carbons (Fsp3) is 0.920. The average molecular weight is 507 g/mol. The number of aliphatic carboxylic acids is 1. The van der Waals surface area contributed by atoms with Gasteiger partial charge in [-0.05, 0) is 32.6 Å². The number of carboxylic acid groups (broad SMARTS) is 1. The highest BCUT2D eigenvalue weighted by molar-refractivity contribution is 5.75. The summed E-state index contributed by atoms with van der Waals surface area (Å²) >= 11 is 0. The van der Waals surface area contributed by atoms with E-state index in [1.165, 1.54) is 0 Å². The number of halogens is 6. The van der Waals surface area contributed by atoms with Crippen LogP contribution < -0.4 is 0 Å². The number of hydrogen-bond acceptors (Lipinski definition) is 2. The normalized spacial score (nSPS) is 11.7. The average Bonchev–Trinajstić information content (AvgIpc) is 2.69. The third-order valence-corrected chi connectivity index (χ3v) is 5.34. The van der Waals surface area contributed by atoms with Crippen LogP contribution in [0.25, 0.3) is 0 Å². The van der Waals surface area contributed by atoms with Gasteiger partial charge in [-0.25, -0.2) is 0 Å². The highest BCUT2D eigenvalue weighted by atomic mass is 19.4. The van der Waals surface area contributed by atoms with Gasteiger partial charge in [0.05, 0.1) is 0 Å². The minimum Gasteiger partial charge on any atom is -0.481 e. The zero-order chi connectivity index (χ0) is 26.3. The zero-order valence-electron chi connectivity index (χ0n) is 20.7. The van der Waals surface area contributed by atoms with E-state index in [1.54, 1.807) is 6.92 Å². The molecule has 0 radical (unpaired) electrons. The largest absolute Gasteiger partial charge is 0.481 e. The Morgan fingerprint density at radius 2 is 0.765 bits per heavy atom. The Kier molecular flexibility index (Phi) is 22.8. The summed E-state index contributed by atoms with van der Waals surface area (Å²) in [6.45, 7) is 1.60. The number of carbonyl (C=O) groups excluding carboxylic acids is 1. The van der Waals surface area contributed by atoms with Crippen molar-refractivity contribution >= 4 is 11.8 Å². The molecule has 0 saturated heterocycles. The number of hydrogen-bond donors (Lipinski definition) is 1. The van der Waals surface area contributed by atoms with Crippen molar-refractivity contribution in [3.8, 4) is 0 Å². The van der Waals surface area contributed by atoms with Gasteiger partial charge in [0, 0.05) is 25.7 Å². The molecule has 9 heteroatoms. The van der Waals surface area contributed by atoms with E-state index in [0.717, 1.165) is 70.6 Å². The highest BCUT2D eigenvalue weighted by Gasteiger charge is 2.26. The van der Waals surface area contributed by atoms with Crippen molar-refractivity contribution in [3.05, 3.63) is 0 Å². The summed E-state index contributed by atoms with van der Waals surface area (Å²) in [5.74, 6) is -0.533. The molecule has 34 heavy (non-hydrogen) atoms. The Balaban J connectivity index is 0. The van der Waals surface area contributed by atoms with Gasteiger partial charge in [0.15, 0.2) is 0 Å². The molecule has 204 valence electrons. The van der Waals surface area contributed by atoms with Crippen LogP contribution in [0, 0.1) is 0 Å². The minimum atomic E-state index is -4.02. The van der Waals surface area contributed by atoms with Gasteiger partial charge in [0.25, 0.3) is 0 Å². The third-order valence-electron chi connectivity index (χ3n) is 5.34. The number of carbonyl (C=O) groups is 2. The third kappa shape index (κ3) is 38.0. The van der Waals surface area contributed by atoms with E-state index < -0.39 is 31.2 Å². The lowest BCUT2D eigenvalue weighted by Crippen LogP contribution is -2.06. The van der Waals surface area contributed by atoms with Crippen LogP contribution in [0.15, 0.2) is 0 Å². The van der Waals surface area contributed by atoms with E-state index in [2.05, 4.69) is 0 Å². The van der Waals surface area contributed by atoms with Gasteiger partial charge < -0.3 is 9.90 Å². The number of unbranched alkanes of at least 4 members (excludes halogenated alkanes) is 14. The van der Waals surface area contributed by atoms with E-state index >= 15 is 0 Å². The molecule has 0 atom stereocenters. The topological polar surface area (TPSA) is 54.4 Å². The van der Waals surface area contributed by atoms with E-state index in [-0.39, 0.29) is 25.0 Å². The smallest absolute Gasteiger partial charge is 0.389 e. The molecule has 0 saturated carbocycles. The minimum absolute atomic E-state index is 0.214. The molecule has 1 N–H and O–H groups in total. The van der Waals surface area contributed by atoms with Crippen molar-refractivity contribution in [1.82, 2.24) is 0 Å². The number of alkyl halides is 6. The lowest BCUT2D eigenvalue weighted by atomic mass is 10.1. The first-order chi connectivity index (χ1) is 15.8. The number of carboxylic acids is 1. The second kappa shape index (κ2) is 22.2. The summed E-state index contributed by atoms with van der Waals surface area (Å²) in [4.78, 5) is 20.8. The van der Waals surface area contributed by atoms with Crippen LogP contribution in [0.4, 0.5) is 26.3 Å². The summed E-state index contributed by atoms with van der Waals surface area (Å²) in [6, 6.07) is 0. The van der Waals surface area contributed by atoms with Crippen molar-refractivity contribution in [3.63, 3.8) is 0 Å². The highest BCUT2D eigenvalue weighted by Crippen LogP contribution is 2.24. The Hall–Kier alpha value is -1.28. The van der Waals surface area contributed by atoms with Crippen LogP contribution in [0.1, 0.15) is 135 Å². The van der Waals surface area contributed by atoms with Gasteiger partial charge >= 0.3 is 18.3 Å². The van der Waals surface area contributed by atoms with Crippen LogP contribution in [-0.2, 0) is 9.59 Å². The Labute approximate surface area is 201 Å². The van der Waals surface area contributed by atoms with Crippen LogP contribution in [0.3, 0.4) is 0 Å². The van der Waals surface area contributed by atoms with Crippen LogP contribution in [0.2, 0.25) is 0 Å². The molecular weight excluding hydrogens is 462 g/mol. The molecule has 0 aliphatic heterocycles. The van der Waals surface area contributed by atoms with Gasteiger partial charge in [-0.3, -0.25) is 4.79 Å². The maximum Gasteiger partial charge on any atom is 0.389 e. The van der Waals surface area contributed by atoms with Gasteiger partial charge in [-0.15, -0.1) is 0 Å². The number of rotatable bonds is 20. The standard InChI is InChI=1S/C13H23F3O.C12H21F3O2/c1-12(17)10-8-6-4-2-3-5-7-9-11-13(14,15)16;13-12(14,15)10-8-6-4-2-1-3-5-7-9-11(16)17/h2-11H2,1H3;1-10H2,(H,16,17). The van der Waals surface area contributed by atoms with Crippen molar-refractivity contribution < 1.29 is 41.0 Å². The van der Waals surface area contributed by atoms with Crippen molar-refractivity contribution in [2.75, 3.05) is 0 Å². The first kappa shape index (κ1) is 34.9. The van der Waals surface area contributed by atoms with Crippen molar-refractivity contribution in [1.29, 1.82) is 0 Å². The molecular formula is C25H44F6O3. The summed E-state index contributed by atoms with van der Waals surface area (Å²) in [6.07, 6.45) is 4.76. The molecule has 3 nitrogen and oxygen atoms in total. The second-order valence-electron chi connectivity index (χ2n) is 8.98. The second-order valence-corrected chi connectivity index (χ2v) is 8.98. The molecule has 0 aliphatic carbocycles. The Morgan fingerprint density at radius 3 is 1.03 bits per heavy atom. The van der Waals surface area contributed by atoms with Gasteiger partial charge in [-0.1, -0.05) is 77.0 Å². The van der Waals surface area contributed by atoms with Crippen LogP contribution in [0.5, 0.6) is 0 Å². The molecule has 0 bridgehead atoms. The molecule has 0 aromatic heterocycles. The van der Waals surface area contributed by atoms with E-state index in [4.69, 9.17) is 5.11 Å².